The molecule has 0 spiro atoms. The first kappa shape index (κ1) is 20.4. The summed E-state index contributed by atoms with van der Waals surface area (Å²) in [6.07, 6.45) is 3.29. The number of benzene rings is 1. The van der Waals surface area contributed by atoms with E-state index in [0.717, 1.165) is 5.56 Å². The molecule has 0 aliphatic carbocycles. The maximum atomic E-state index is 12.5. The van der Waals surface area contributed by atoms with Crippen molar-refractivity contribution < 1.29 is 13.2 Å². The fraction of sp³-hybridized carbons (Fsp3) is 0.333. The van der Waals surface area contributed by atoms with Gasteiger partial charge in [0.15, 0.2) is 0 Å². The summed E-state index contributed by atoms with van der Waals surface area (Å²) in [6, 6.07) is 9.46. The maximum absolute atomic E-state index is 12.5. The molecule has 2 aromatic rings. The van der Waals surface area contributed by atoms with Gasteiger partial charge in [-0.25, -0.2) is 13.1 Å². The molecule has 0 radical (unpaired) electrons. The Labute approximate surface area is 159 Å². The van der Waals surface area contributed by atoms with Gasteiger partial charge in [-0.15, -0.1) is 0 Å². The quantitative estimate of drug-likeness (QED) is 0.718. The molecule has 0 saturated carbocycles. The van der Waals surface area contributed by atoms with E-state index < -0.39 is 16.1 Å². The number of sulfonamides is 1. The summed E-state index contributed by atoms with van der Waals surface area (Å²) in [5.74, 6) is -0.886. The Balaban J connectivity index is 2.04. The van der Waals surface area contributed by atoms with Crippen molar-refractivity contribution in [1.29, 1.82) is 0 Å². The number of carbonyl (C=O) groups excluding carboxylic acids is 1. The van der Waals surface area contributed by atoms with E-state index in [-0.39, 0.29) is 24.1 Å². The van der Waals surface area contributed by atoms with Crippen LogP contribution in [0.1, 0.15) is 25.0 Å². The number of nitrogens with one attached hydrogen (secondary N) is 2. The molecule has 0 fully saturated rings. The van der Waals surface area contributed by atoms with Gasteiger partial charge in [-0.2, -0.15) is 0 Å². The highest BCUT2D eigenvalue weighted by atomic mass is 35.5. The first-order chi connectivity index (χ1) is 12.3. The van der Waals surface area contributed by atoms with Crippen LogP contribution in [0.3, 0.4) is 0 Å². The Bertz CT molecular complexity index is 842. The van der Waals surface area contributed by atoms with Gasteiger partial charge in [-0.05, 0) is 29.2 Å². The molecule has 0 aliphatic heterocycles. The second kappa shape index (κ2) is 9.12. The van der Waals surface area contributed by atoms with Gasteiger partial charge in [0.2, 0.25) is 15.9 Å². The number of aromatic nitrogens is 1. The van der Waals surface area contributed by atoms with Crippen LogP contribution in [-0.2, 0) is 27.1 Å². The normalized spacial score (nSPS) is 12.8. The lowest BCUT2D eigenvalue weighted by Gasteiger charge is -2.22. The highest BCUT2D eigenvalue weighted by Crippen LogP contribution is 2.18. The summed E-state index contributed by atoms with van der Waals surface area (Å²) in [5.41, 5.74) is 1.32. The second-order valence-corrected chi connectivity index (χ2v) is 8.43. The molecule has 1 amide bonds. The van der Waals surface area contributed by atoms with Crippen molar-refractivity contribution in [3.05, 3.63) is 64.9 Å². The number of amides is 1. The van der Waals surface area contributed by atoms with Crippen LogP contribution in [0.5, 0.6) is 0 Å². The molecule has 6 nitrogen and oxygen atoms in total. The van der Waals surface area contributed by atoms with Crippen molar-refractivity contribution in [3.8, 4) is 0 Å². The Kier molecular flexibility index (Phi) is 7.14. The van der Waals surface area contributed by atoms with Crippen molar-refractivity contribution in [1.82, 2.24) is 15.0 Å². The van der Waals surface area contributed by atoms with E-state index in [2.05, 4.69) is 15.0 Å². The largest absolute Gasteiger partial charge is 0.351 e. The molecule has 1 heterocycles. The monoisotopic (exact) mass is 395 g/mol. The van der Waals surface area contributed by atoms with Gasteiger partial charge in [0.05, 0.1) is 5.75 Å². The van der Waals surface area contributed by atoms with Gasteiger partial charge in [-0.3, -0.25) is 9.78 Å². The molecule has 1 aromatic carbocycles. The van der Waals surface area contributed by atoms with Gasteiger partial charge in [0, 0.05) is 24.0 Å². The summed E-state index contributed by atoms with van der Waals surface area (Å²) in [5, 5.41) is 3.12. The van der Waals surface area contributed by atoms with Crippen molar-refractivity contribution in [2.24, 2.45) is 5.92 Å². The fourth-order valence-corrected chi connectivity index (χ4v) is 4.14. The third-order valence-corrected chi connectivity index (χ3v) is 5.42. The van der Waals surface area contributed by atoms with Gasteiger partial charge >= 0.3 is 0 Å². The molecule has 26 heavy (non-hydrogen) atoms. The van der Waals surface area contributed by atoms with Crippen LogP contribution in [0.2, 0.25) is 5.02 Å². The average molecular weight is 396 g/mol. The minimum absolute atomic E-state index is 0.218. The Morgan fingerprint density at radius 2 is 1.92 bits per heavy atom. The molecule has 1 aromatic heterocycles. The number of pyridine rings is 1. The minimum Gasteiger partial charge on any atom is -0.351 e. The summed E-state index contributed by atoms with van der Waals surface area (Å²) in [4.78, 5) is 16.5. The lowest BCUT2D eigenvalue weighted by Crippen LogP contribution is -2.49. The summed E-state index contributed by atoms with van der Waals surface area (Å²) in [6.45, 7) is 3.85. The molecule has 140 valence electrons. The van der Waals surface area contributed by atoms with Crippen LogP contribution < -0.4 is 10.0 Å². The van der Waals surface area contributed by atoms with E-state index in [1.54, 1.807) is 56.6 Å². The van der Waals surface area contributed by atoms with Crippen LogP contribution in [0.4, 0.5) is 0 Å². The van der Waals surface area contributed by atoms with E-state index >= 15 is 0 Å². The third kappa shape index (κ3) is 6.09. The first-order valence-corrected chi connectivity index (χ1v) is 10.2. The van der Waals surface area contributed by atoms with Crippen LogP contribution in [0, 0.1) is 5.92 Å². The standard InChI is InChI=1S/C18H22ClN3O3S/c1-13(2)17(18(23)21-11-14-6-5-9-20-10-14)22-26(24,25)12-15-7-3-4-8-16(15)19/h3-10,13,17,22H,11-12H2,1-2H3,(H,21,23)/t17-/m1/s1. The molecular formula is C18H22ClN3O3S. The third-order valence-electron chi connectivity index (χ3n) is 3.75. The highest BCUT2D eigenvalue weighted by molar-refractivity contribution is 7.88. The number of nitrogens with zero attached hydrogens (tertiary/aromatic N) is 1. The molecular weight excluding hydrogens is 374 g/mol. The van der Waals surface area contributed by atoms with E-state index in [0.29, 0.717) is 10.6 Å². The lowest BCUT2D eigenvalue weighted by molar-refractivity contribution is -0.123. The molecule has 0 bridgehead atoms. The summed E-state index contributed by atoms with van der Waals surface area (Å²) in [7, 11) is -3.74. The van der Waals surface area contributed by atoms with Gasteiger partial charge < -0.3 is 5.32 Å². The van der Waals surface area contributed by atoms with Gasteiger partial charge in [0.1, 0.15) is 6.04 Å². The maximum Gasteiger partial charge on any atom is 0.238 e. The number of hydrogen-bond donors (Lipinski definition) is 2. The average Bonchev–Trinajstić information content (AvgIpc) is 2.60. The Morgan fingerprint density at radius 3 is 2.54 bits per heavy atom. The fourth-order valence-electron chi connectivity index (χ4n) is 2.35. The van der Waals surface area contributed by atoms with Crippen molar-refractivity contribution in [2.45, 2.75) is 32.2 Å². The first-order valence-electron chi connectivity index (χ1n) is 8.18. The summed E-state index contributed by atoms with van der Waals surface area (Å²) >= 11 is 6.03. The topological polar surface area (TPSA) is 88.2 Å². The molecule has 0 saturated heterocycles. The van der Waals surface area contributed by atoms with Crippen LogP contribution in [-0.4, -0.2) is 25.4 Å². The van der Waals surface area contributed by atoms with E-state index in [9.17, 15) is 13.2 Å². The highest BCUT2D eigenvalue weighted by Gasteiger charge is 2.27. The van der Waals surface area contributed by atoms with Gasteiger partial charge in [0.25, 0.3) is 0 Å². The SMILES string of the molecule is CC(C)[C@@H](NS(=O)(=O)Cc1ccccc1Cl)C(=O)NCc1cccnc1. The molecule has 2 rings (SSSR count). The smallest absolute Gasteiger partial charge is 0.238 e. The van der Waals surface area contributed by atoms with Crippen molar-refractivity contribution in [2.75, 3.05) is 0 Å². The predicted molar refractivity (Wildman–Crippen MR) is 102 cm³/mol. The van der Waals surface area contributed by atoms with Crippen LogP contribution in [0.25, 0.3) is 0 Å². The van der Waals surface area contributed by atoms with Crippen molar-refractivity contribution >= 4 is 27.5 Å². The Morgan fingerprint density at radius 1 is 1.19 bits per heavy atom. The lowest BCUT2D eigenvalue weighted by atomic mass is 10.0. The van der Waals surface area contributed by atoms with Crippen LogP contribution in [0.15, 0.2) is 48.8 Å². The summed E-state index contributed by atoms with van der Waals surface area (Å²) < 4.78 is 27.5. The number of halogens is 1. The van der Waals surface area contributed by atoms with E-state index in [1.165, 1.54) is 0 Å². The molecule has 1 atom stereocenters. The number of hydrogen-bond acceptors (Lipinski definition) is 4. The zero-order valence-electron chi connectivity index (χ0n) is 14.6. The second-order valence-electron chi connectivity index (χ2n) is 6.27. The predicted octanol–water partition coefficient (Wildman–Crippen LogP) is 2.50. The number of carbonyl (C=O) groups is 1. The van der Waals surface area contributed by atoms with E-state index in [1.807, 2.05) is 6.07 Å². The van der Waals surface area contributed by atoms with Crippen molar-refractivity contribution in [3.63, 3.8) is 0 Å². The molecule has 2 N–H and O–H groups in total. The number of rotatable bonds is 8. The minimum atomic E-state index is -3.74. The zero-order valence-corrected chi connectivity index (χ0v) is 16.2. The Hall–Kier alpha value is -1.96. The van der Waals surface area contributed by atoms with Crippen LogP contribution >= 0.6 is 11.6 Å². The molecule has 0 unspecified atom stereocenters. The van der Waals surface area contributed by atoms with Gasteiger partial charge in [-0.1, -0.05) is 49.7 Å². The zero-order chi connectivity index (χ0) is 19.2. The molecule has 8 heteroatoms. The molecule has 0 aliphatic rings. The van der Waals surface area contributed by atoms with E-state index in [4.69, 9.17) is 11.6 Å².